The highest BCUT2D eigenvalue weighted by molar-refractivity contribution is 5.96. The molecule has 2 fully saturated rings. The van der Waals surface area contributed by atoms with Crippen molar-refractivity contribution in [2.24, 2.45) is 11.3 Å². The fourth-order valence-electron chi connectivity index (χ4n) is 5.21. The van der Waals surface area contributed by atoms with Gasteiger partial charge in [-0.25, -0.2) is 5.48 Å². The average Bonchev–Trinajstić information content (AvgIpc) is 3.31. The van der Waals surface area contributed by atoms with Crippen LogP contribution in [0.5, 0.6) is 5.75 Å². The summed E-state index contributed by atoms with van der Waals surface area (Å²) in [5.41, 5.74) is 4.92. The molecule has 1 saturated carbocycles. The molecule has 1 aliphatic carbocycles. The second-order valence-electron chi connectivity index (χ2n) is 9.44. The minimum Gasteiger partial charge on any atom is -0.489 e. The van der Waals surface area contributed by atoms with Gasteiger partial charge in [-0.3, -0.25) is 19.8 Å². The van der Waals surface area contributed by atoms with Gasteiger partial charge in [0, 0.05) is 29.7 Å². The Balaban J connectivity index is 1.29. The number of nitrogens with one attached hydrogen (secondary N) is 1. The molecule has 7 nitrogen and oxygen atoms in total. The van der Waals surface area contributed by atoms with Crippen LogP contribution >= 0.6 is 0 Å². The predicted octanol–water partition coefficient (Wildman–Crippen LogP) is 3.80. The van der Waals surface area contributed by atoms with Crippen molar-refractivity contribution in [3.63, 3.8) is 0 Å². The third kappa shape index (κ3) is 4.23. The van der Waals surface area contributed by atoms with Gasteiger partial charge >= 0.3 is 0 Å². The van der Waals surface area contributed by atoms with E-state index in [4.69, 9.17) is 9.94 Å². The molecule has 1 unspecified atom stereocenters. The molecule has 2 atom stereocenters. The molecule has 2 N–H and O–H groups in total. The zero-order valence-corrected chi connectivity index (χ0v) is 19.3. The fraction of sp³-hybridized carbons (Fsp3) is 0.370. The van der Waals surface area contributed by atoms with Crippen molar-refractivity contribution < 1.29 is 19.5 Å². The highest BCUT2D eigenvalue weighted by Gasteiger charge is 2.64. The van der Waals surface area contributed by atoms with E-state index < -0.39 is 17.2 Å². The van der Waals surface area contributed by atoms with Gasteiger partial charge in [-0.2, -0.15) is 0 Å². The molecular formula is C27H29N3O4. The van der Waals surface area contributed by atoms with E-state index in [-0.39, 0.29) is 5.91 Å². The van der Waals surface area contributed by atoms with Crippen LogP contribution in [0, 0.1) is 18.3 Å². The van der Waals surface area contributed by atoms with E-state index in [2.05, 4.69) is 11.1 Å². The summed E-state index contributed by atoms with van der Waals surface area (Å²) in [7, 11) is 0. The van der Waals surface area contributed by atoms with Crippen LogP contribution in [-0.2, 0) is 22.6 Å². The number of aromatic nitrogens is 1. The standard InChI is InChI=1S/C27H29N3O4/c1-18-14-20(22-6-2-3-7-24(22)28-18)17-34-21-10-8-19(9-11-21)15-27(16-23(27)25(31)29-33)26(32)30-12-4-5-13-30/h2-3,6-11,14,23,33H,4-5,12-13,15-17H2,1H3,(H,29,31)/t23-,27?/m1/s1. The maximum atomic E-state index is 13.3. The molecule has 0 bridgehead atoms. The molecule has 2 aromatic carbocycles. The molecular weight excluding hydrogens is 430 g/mol. The number of aryl methyl sites for hydroxylation is 1. The minimum atomic E-state index is -0.771. The lowest BCUT2D eigenvalue weighted by atomic mass is 9.92. The van der Waals surface area contributed by atoms with Gasteiger partial charge < -0.3 is 9.64 Å². The van der Waals surface area contributed by atoms with Crippen molar-refractivity contribution in [1.82, 2.24) is 15.4 Å². The Bertz CT molecular complexity index is 1220. The first kappa shape index (κ1) is 22.3. The van der Waals surface area contributed by atoms with E-state index in [0.717, 1.165) is 59.4 Å². The number of para-hydroxylation sites is 1. The lowest BCUT2D eigenvalue weighted by molar-refractivity contribution is -0.140. The molecule has 3 aromatic rings. The topological polar surface area (TPSA) is 91.8 Å². The third-order valence-corrected chi connectivity index (χ3v) is 7.09. The summed E-state index contributed by atoms with van der Waals surface area (Å²) in [4.78, 5) is 31.8. The molecule has 1 saturated heterocycles. The number of benzene rings is 2. The third-order valence-electron chi connectivity index (χ3n) is 7.09. The monoisotopic (exact) mass is 459 g/mol. The number of fused-ring (bicyclic) bond motifs is 1. The number of ether oxygens (including phenoxy) is 1. The van der Waals surface area contributed by atoms with Crippen LogP contribution in [0.25, 0.3) is 10.9 Å². The number of hydrogen-bond donors (Lipinski definition) is 2. The first-order valence-electron chi connectivity index (χ1n) is 11.8. The number of rotatable bonds is 7. The SMILES string of the molecule is Cc1cc(COc2ccc(CC3(C(=O)N4CCCC4)C[C@@H]3C(=O)NO)cc2)c2ccccc2n1. The van der Waals surface area contributed by atoms with Crippen LogP contribution in [0.15, 0.2) is 54.6 Å². The molecule has 176 valence electrons. The fourth-order valence-corrected chi connectivity index (χ4v) is 5.21. The van der Waals surface area contributed by atoms with Crippen LogP contribution in [0.1, 0.15) is 36.1 Å². The number of hydroxylamine groups is 1. The van der Waals surface area contributed by atoms with Gasteiger partial charge in [0.25, 0.3) is 0 Å². The second-order valence-corrected chi connectivity index (χ2v) is 9.44. The second kappa shape index (κ2) is 9.06. The Kier molecular flexibility index (Phi) is 5.96. The summed E-state index contributed by atoms with van der Waals surface area (Å²) >= 11 is 0. The number of amides is 2. The van der Waals surface area contributed by atoms with Gasteiger partial charge in [0.05, 0.1) is 16.8 Å². The summed E-state index contributed by atoms with van der Waals surface area (Å²) in [6.45, 7) is 3.89. The van der Waals surface area contributed by atoms with E-state index in [1.54, 1.807) is 5.48 Å². The number of carbonyl (C=O) groups is 2. The largest absolute Gasteiger partial charge is 0.489 e. The van der Waals surface area contributed by atoms with E-state index in [0.29, 0.717) is 19.4 Å². The first-order valence-corrected chi connectivity index (χ1v) is 11.8. The van der Waals surface area contributed by atoms with Gasteiger partial charge in [0.15, 0.2) is 0 Å². The Morgan fingerprint density at radius 1 is 1.15 bits per heavy atom. The van der Waals surface area contributed by atoms with Crippen LogP contribution in [-0.4, -0.2) is 40.0 Å². The lowest BCUT2D eigenvalue weighted by Crippen LogP contribution is -2.39. The van der Waals surface area contributed by atoms with Crippen LogP contribution in [0.4, 0.5) is 0 Å². The summed E-state index contributed by atoms with van der Waals surface area (Å²) in [5, 5.41) is 10.2. The summed E-state index contributed by atoms with van der Waals surface area (Å²) in [5.74, 6) is -0.210. The molecule has 34 heavy (non-hydrogen) atoms. The quantitative estimate of drug-likeness (QED) is 0.414. The van der Waals surface area contributed by atoms with Crippen molar-refractivity contribution in [3.05, 3.63) is 71.4 Å². The molecule has 5 rings (SSSR count). The smallest absolute Gasteiger partial charge is 0.247 e. The average molecular weight is 460 g/mol. The van der Waals surface area contributed by atoms with Gasteiger partial charge in [0.1, 0.15) is 12.4 Å². The van der Waals surface area contributed by atoms with Gasteiger partial charge in [-0.15, -0.1) is 0 Å². The van der Waals surface area contributed by atoms with Gasteiger partial charge in [-0.05, 0) is 62.4 Å². The Labute approximate surface area is 198 Å². The number of nitrogens with zero attached hydrogens (tertiary/aromatic N) is 2. The minimum absolute atomic E-state index is 0.0267. The van der Waals surface area contributed by atoms with Gasteiger partial charge in [-0.1, -0.05) is 30.3 Å². The van der Waals surface area contributed by atoms with E-state index in [1.165, 1.54) is 0 Å². The maximum Gasteiger partial charge on any atom is 0.247 e. The Morgan fingerprint density at radius 3 is 2.62 bits per heavy atom. The number of pyridine rings is 1. The molecule has 0 spiro atoms. The molecule has 0 radical (unpaired) electrons. The maximum absolute atomic E-state index is 13.3. The highest BCUT2D eigenvalue weighted by atomic mass is 16.5. The molecule has 2 aliphatic rings. The Morgan fingerprint density at radius 2 is 1.88 bits per heavy atom. The molecule has 2 amide bonds. The highest BCUT2D eigenvalue weighted by Crippen LogP contribution is 2.56. The van der Waals surface area contributed by atoms with Crippen molar-refractivity contribution in [3.8, 4) is 5.75 Å². The Hall–Kier alpha value is -3.45. The molecule has 1 aromatic heterocycles. The van der Waals surface area contributed by atoms with Crippen LogP contribution in [0.3, 0.4) is 0 Å². The van der Waals surface area contributed by atoms with Crippen LogP contribution in [0.2, 0.25) is 0 Å². The number of hydrogen-bond acceptors (Lipinski definition) is 5. The van der Waals surface area contributed by atoms with Crippen molar-refractivity contribution >= 4 is 22.7 Å². The molecule has 1 aliphatic heterocycles. The molecule has 2 heterocycles. The molecule has 7 heteroatoms. The number of carbonyl (C=O) groups excluding carboxylic acids is 2. The van der Waals surface area contributed by atoms with Crippen molar-refractivity contribution in [2.45, 2.75) is 39.2 Å². The van der Waals surface area contributed by atoms with Crippen molar-refractivity contribution in [2.75, 3.05) is 13.1 Å². The van der Waals surface area contributed by atoms with E-state index >= 15 is 0 Å². The van der Waals surface area contributed by atoms with E-state index in [9.17, 15) is 9.59 Å². The zero-order valence-electron chi connectivity index (χ0n) is 19.3. The number of likely N-dealkylation sites (tertiary alicyclic amines) is 1. The summed E-state index contributed by atoms with van der Waals surface area (Å²) < 4.78 is 6.06. The lowest BCUT2D eigenvalue weighted by Gasteiger charge is -2.24. The summed E-state index contributed by atoms with van der Waals surface area (Å²) in [6, 6.07) is 17.8. The van der Waals surface area contributed by atoms with Crippen molar-refractivity contribution in [1.29, 1.82) is 0 Å². The van der Waals surface area contributed by atoms with Crippen LogP contribution < -0.4 is 10.2 Å². The predicted molar refractivity (Wildman–Crippen MR) is 127 cm³/mol. The summed E-state index contributed by atoms with van der Waals surface area (Å²) in [6.07, 6.45) is 2.92. The normalized spacial score (nSPS) is 21.5. The zero-order chi connectivity index (χ0) is 23.7. The van der Waals surface area contributed by atoms with Gasteiger partial charge in [0.2, 0.25) is 11.8 Å². The van der Waals surface area contributed by atoms with E-state index in [1.807, 2.05) is 60.4 Å². The first-order chi connectivity index (χ1) is 16.5.